The molecule has 0 aromatic carbocycles. The molecule has 0 saturated heterocycles. The quantitative estimate of drug-likeness (QED) is 0.709. The molecule has 0 spiro atoms. The fraction of sp³-hybridized carbons (Fsp3) is 1.00. The van der Waals surface area contributed by atoms with Gasteiger partial charge in [-0.3, -0.25) is 4.90 Å². The van der Waals surface area contributed by atoms with Gasteiger partial charge in [0.2, 0.25) is 0 Å². The Bertz CT molecular complexity index is 160. The lowest BCUT2D eigenvalue weighted by atomic mass is 9.83. The van der Waals surface area contributed by atoms with Gasteiger partial charge >= 0.3 is 0 Å². The van der Waals surface area contributed by atoms with Gasteiger partial charge in [-0.1, -0.05) is 20.3 Å². The molecule has 0 bridgehead atoms. The van der Waals surface area contributed by atoms with Crippen LogP contribution in [0.5, 0.6) is 0 Å². The van der Waals surface area contributed by atoms with E-state index in [1.807, 2.05) is 0 Å². The molecule has 0 heterocycles. The van der Waals surface area contributed by atoms with E-state index in [9.17, 15) is 0 Å². The Hall–Kier alpha value is -0.0800. The van der Waals surface area contributed by atoms with Crippen molar-refractivity contribution in [3.8, 4) is 0 Å². The van der Waals surface area contributed by atoms with Crippen LogP contribution in [0.15, 0.2) is 0 Å². The van der Waals surface area contributed by atoms with Crippen LogP contribution in [0.3, 0.4) is 0 Å². The van der Waals surface area contributed by atoms with Gasteiger partial charge in [-0.15, -0.1) is 0 Å². The van der Waals surface area contributed by atoms with Crippen molar-refractivity contribution in [1.29, 1.82) is 0 Å². The van der Waals surface area contributed by atoms with Crippen molar-refractivity contribution in [3.05, 3.63) is 0 Å². The zero-order chi connectivity index (χ0) is 10.6. The van der Waals surface area contributed by atoms with E-state index in [0.29, 0.717) is 0 Å². The minimum Gasteiger partial charge on any atom is -0.329 e. The van der Waals surface area contributed by atoms with E-state index in [0.717, 1.165) is 25.4 Å². The average molecular weight is 198 g/mol. The first-order chi connectivity index (χ1) is 6.66. The predicted molar refractivity (Wildman–Crippen MR) is 62.3 cm³/mol. The topological polar surface area (TPSA) is 29.3 Å². The highest BCUT2D eigenvalue weighted by Gasteiger charge is 2.30. The molecule has 1 fully saturated rings. The van der Waals surface area contributed by atoms with Gasteiger partial charge in [0.1, 0.15) is 0 Å². The SMILES string of the molecule is CCN(CC1CCC1)C(C)(CC)CN. The molecule has 1 saturated carbocycles. The summed E-state index contributed by atoms with van der Waals surface area (Å²) in [6.07, 6.45) is 5.46. The molecule has 14 heavy (non-hydrogen) atoms. The predicted octanol–water partition coefficient (Wildman–Crippen LogP) is 2.24. The Morgan fingerprint density at radius 1 is 1.36 bits per heavy atom. The highest BCUT2D eigenvalue weighted by atomic mass is 15.2. The van der Waals surface area contributed by atoms with Crippen molar-refractivity contribution in [1.82, 2.24) is 4.90 Å². The fourth-order valence-corrected chi connectivity index (χ4v) is 2.22. The molecule has 0 amide bonds. The third-order valence-electron chi connectivity index (χ3n) is 4.05. The molecule has 2 nitrogen and oxygen atoms in total. The minimum atomic E-state index is 0.227. The van der Waals surface area contributed by atoms with Crippen molar-refractivity contribution in [3.63, 3.8) is 0 Å². The van der Waals surface area contributed by atoms with E-state index in [1.165, 1.54) is 25.8 Å². The standard InChI is InChI=1S/C12H26N2/c1-4-12(3,10-13)14(5-2)9-11-7-6-8-11/h11H,4-10,13H2,1-3H3. The molecule has 2 N–H and O–H groups in total. The zero-order valence-corrected chi connectivity index (χ0v) is 10.1. The molecular weight excluding hydrogens is 172 g/mol. The van der Waals surface area contributed by atoms with Crippen molar-refractivity contribution >= 4 is 0 Å². The third-order valence-corrected chi connectivity index (χ3v) is 4.05. The highest BCUT2D eigenvalue weighted by molar-refractivity contribution is 4.87. The first kappa shape index (κ1) is 12.0. The van der Waals surface area contributed by atoms with Gasteiger partial charge in [0.25, 0.3) is 0 Å². The second-order valence-electron chi connectivity index (χ2n) is 4.89. The van der Waals surface area contributed by atoms with E-state index in [4.69, 9.17) is 5.73 Å². The van der Waals surface area contributed by atoms with Crippen molar-refractivity contribution in [2.75, 3.05) is 19.6 Å². The smallest absolute Gasteiger partial charge is 0.0300 e. The average Bonchev–Trinajstić information content (AvgIpc) is 2.15. The molecule has 1 aliphatic rings. The molecule has 1 aliphatic carbocycles. The van der Waals surface area contributed by atoms with Gasteiger partial charge in [0.05, 0.1) is 0 Å². The van der Waals surface area contributed by atoms with Crippen LogP contribution in [-0.4, -0.2) is 30.1 Å². The van der Waals surface area contributed by atoms with Crippen LogP contribution < -0.4 is 5.73 Å². The lowest BCUT2D eigenvalue weighted by molar-refractivity contribution is 0.0730. The summed E-state index contributed by atoms with van der Waals surface area (Å²) in [6, 6.07) is 0. The molecule has 2 heteroatoms. The van der Waals surface area contributed by atoms with Crippen molar-refractivity contribution in [2.45, 2.75) is 52.0 Å². The van der Waals surface area contributed by atoms with E-state index in [1.54, 1.807) is 0 Å². The molecular formula is C12H26N2. The normalized spacial score (nSPS) is 22.1. The Morgan fingerprint density at radius 3 is 2.29 bits per heavy atom. The lowest BCUT2D eigenvalue weighted by Crippen LogP contribution is -2.53. The largest absolute Gasteiger partial charge is 0.329 e. The zero-order valence-electron chi connectivity index (χ0n) is 10.1. The summed E-state index contributed by atoms with van der Waals surface area (Å²) < 4.78 is 0. The van der Waals surface area contributed by atoms with Gasteiger partial charge in [-0.2, -0.15) is 0 Å². The lowest BCUT2D eigenvalue weighted by Gasteiger charge is -2.43. The maximum absolute atomic E-state index is 5.89. The number of nitrogens with two attached hydrogens (primary N) is 1. The molecule has 0 aliphatic heterocycles. The van der Waals surface area contributed by atoms with Gasteiger partial charge in [-0.25, -0.2) is 0 Å². The molecule has 0 radical (unpaired) electrons. The third kappa shape index (κ3) is 2.48. The van der Waals surface area contributed by atoms with Crippen LogP contribution in [-0.2, 0) is 0 Å². The minimum absolute atomic E-state index is 0.227. The number of likely N-dealkylation sites (N-methyl/N-ethyl adjacent to an activating group) is 1. The number of hydrogen-bond acceptors (Lipinski definition) is 2. The van der Waals surface area contributed by atoms with Crippen LogP contribution in [0.4, 0.5) is 0 Å². The van der Waals surface area contributed by atoms with Crippen LogP contribution in [0.25, 0.3) is 0 Å². The Morgan fingerprint density at radius 2 is 2.00 bits per heavy atom. The summed E-state index contributed by atoms with van der Waals surface area (Å²) >= 11 is 0. The van der Waals surface area contributed by atoms with E-state index < -0.39 is 0 Å². The second kappa shape index (κ2) is 5.13. The number of hydrogen-bond donors (Lipinski definition) is 1. The Labute approximate surface area is 88.8 Å². The highest BCUT2D eigenvalue weighted by Crippen LogP contribution is 2.30. The van der Waals surface area contributed by atoms with Crippen molar-refractivity contribution in [2.24, 2.45) is 11.7 Å². The summed E-state index contributed by atoms with van der Waals surface area (Å²) in [5, 5.41) is 0. The number of rotatable bonds is 6. The fourth-order valence-electron chi connectivity index (χ4n) is 2.22. The molecule has 1 atom stereocenters. The Balaban J connectivity index is 2.49. The van der Waals surface area contributed by atoms with E-state index in [-0.39, 0.29) is 5.54 Å². The van der Waals surface area contributed by atoms with Gasteiger partial charge in [-0.05, 0) is 38.6 Å². The molecule has 1 rings (SSSR count). The molecule has 0 aromatic heterocycles. The maximum Gasteiger partial charge on any atom is 0.0300 e. The maximum atomic E-state index is 5.89. The summed E-state index contributed by atoms with van der Waals surface area (Å²) in [5.74, 6) is 0.951. The second-order valence-corrected chi connectivity index (χ2v) is 4.89. The summed E-state index contributed by atoms with van der Waals surface area (Å²) in [6.45, 7) is 9.98. The summed E-state index contributed by atoms with van der Waals surface area (Å²) in [5.41, 5.74) is 6.11. The van der Waals surface area contributed by atoms with Gasteiger partial charge in [0, 0.05) is 18.6 Å². The van der Waals surface area contributed by atoms with Crippen molar-refractivity contribution < 1.29 is 0 Å². The summed E-state index contributed by atoms with van der Waals surface area (Å²) in [4.78, 5) is 2.58. The van der Waals surface area contributed by atoms with E-state index >= 15 is 0 Å². The van der Waals surface area contributed by atoms with Crippen LogP contribution >= 0.6 is 0 Å². The van der Waals surface area contributed by atoms with Crippen LogP contribution in [0, 0.1) is 5.92 Å². The first-order valence-electron chi connectivity index (χ1n) is 6.11. The Kier molecular flexibility index (Phi) is 4.39. The van der Waals surface area contributed by atoms with Crippen LogP contribution in [0.2, 0.25) is 0 Å². The van der Waals surface area contributed by atoms with E-state index in [2.05, 4.69) is 25.7 Å². The van der Waals surface area contributed by atoms with Gasteiger partial charge in [0.15, 0.2) is 0 Å². The molecule has 1 unspecified atom stereocenters. The summed E-state index contributed by atoms with van der Waals surface area (Å²) in [7, 11) is 0. The number of nitrogens with zero attached hydrogens (tertiary/aromatic N) is 1. The molecule has 84 valence electrons. The first-order valence-corrected chi connectivity index (χ1v) is 6.11. The van der Waals surface area contributed by atoms with Gasteiger partial charge < -0.3 is 5.73 Å². The van der Waals surface area contributed by atoms with Crippen LogP contribution in [0.1, 0.15) is 46.5 Å². The monoisotopic (exact) mass is 198 g/mol. The molecule has 0 aromatic rings.